The molecule has 0 saturated carbocycles. The van der Waals surface area contributed by atoms with Gasteiger partial charge in [-0.3, -0.25) is 4.79 Å². The average molecular weight is 418 g/mol. The zero-order chi connectivity index (χ0) is 21.8. The number of H-pyrrole nitrogens is 1. The zero-order valence-electron chi connectivity index (χ0n) is 17.3. The number of aromatic nitrogens is 4. The van der Waals surface area contributed by atoms with E-state index < -0.39 is 12.2 Å². The zero-order valence-corrected chi connectivity index (χ0v) is 17.3. The number of fused-ring (bicyclic) bond motifs is 1. The molecular weight excluding hydrogens is 392 g/mol. The fourth-order valence-electron chi connectivity index (χ4n) is 3.85. The van der Waals surface area contributed by atoms with Crippen LogP contribution in [0.5, 0.6) is 0 Å². The molecule has 4 rings (SSSR count). The molecule has 160 valence electrons. The Labute approximate surface area is 180 Å². The minimum Gasteiger partial charge on any atom is -0.391 e. The lowest BCUT2D eigenvalue weighted by atomic mass is 10.0. The van der Waals surface area contributed by atoms with Crippen LogP contribution >= 0.6 is 0 Å². The van der Waals surface area contributed by atoms with Crippen LogP contribution in [-0.4, -0.2) is 36.1 Å². The van der Waals surface area contributed by atoms with E-state index in [0.717, 1.165) is 12.8 Å². The molecule has 0 aliphatic heterocycles. The Morgan fingerprint density at radius 2 is 1.71 bits per heavy atom. The molecule has 0 bridgehead atoms. The van der Waals surface area contributed by atoms with Crippen LogP contribution < -0.4 is 5.56 Å². The van der Waals surface area contributed by atoms with Crippen LogP contribution in [0.3, 0.4) is 0 Å². The lowest BCUT2D eigenvalue weighted by Gasteiger charge is -2.21. The summed E-state index contributed by atoms with van der Waals surface area (Å²) in [6, 6.07) is 18.9. The third-order valence-corrected chi connectivity index (χ3v) is 5.54. The molecule has 0 radical (unpaired) electrons. The molecule has 0 spiro atoms. The Morgan fingerprint density at radius 3 is 2.39 bits per heavy atom. The van der Waals surface area contributed by atoms with Gasteiger partial charge >= 0.3 is 0 Å². The van der Waals surface area contributed by atoms with Gasteiger partial charge in [-0.25, -0.2) is 9.67 Å². The van der Waals surface area contributed by atoms with E-state index >= 15 is 0 Å². The predicted molar refractivity (Wildman–Crippen MR) is 119 cm³/mol. The number of hydrogen-bond donors (Lipinski definition) is 3. The molecule has 2 aromatic carbocycles. The Morgan fingerprint density at radius 1 is 1.03 bits per heavy atom. The molecule has 0 saturated heterocycles. The SMILES string of the molecule is CC(O)C(CCCc1ccccc1)n1ncc2c(=O)[nH]c(C(O)c3ccccc3)nc21. The number of aliphatic hydroxyl groups is 2. The second-order valence-corrected chi connectivity index (χ2v) is 7.78. The van der Waals surface area contributed by atoms with Gasteiger partial charge in [-0.15, -0.1) is 0 Å². The fourth-order valence-corrected chi connectivity index (χ4v) is 3.85. The molecular formula is C24H26N4O3. The van der Waals surface area contributed by atoms with Crippen LogP contribution in [0.1, 0.15) is 48.9 Å². The van der Waals surface area contributed by atoms with Crippen molar-refractivity contribution in [2.45, 2.75) is 44.4 Å². The first-order chi connectivity index (χ1) is 15.0. The normalized spacial score (nSPS) is 14.4. The summed E-state index contributed by atoms with van der Waals surface area (Å²) in [5, 5.41) is 25.9. The quantitative estimate of drug-likeness (QED) is 0.408. The van der Waals surface area contributed by atoms with Crippen molar-refractivity contribution in [1.29, 1.82) is 0 Å². The highest BCUT2D eigenvalue weighted by molar-refractivity contribution is 5.73. The summed E-state index contributed by atoms with van der Waals surface area (Å²) in [5.41, 5.74) is 1.86. The smallest absolute Gasteiger partial charge is 0.262 e. The number of aliphatic hydroxyl groups excluding tert-OH is 2. The van der Waals surface area contributed by atoms with E-state index in [4.69, 9.17) is 0 Å². The van der Waals surface area contributed by atoms with Crippen LogP contribution in [0.25, 0.3) is 11.0 Å². The third-order valence-electron chi connectivity index (χ3n) is 5.54. The summed E-state index contributed by atoms with van der Waals surface area (Å²) in [7, 11) is 0. The molecule has 7 nitrogen and oxygen atoms in total. The maximum Gasteiger partial charge on any atom is 0.262 e. The molecule has 0 aliphatic rings. The number of benzene rings is 2. The molecule has 4 aromatic rings. The standard InChI is InChI=1S/C24H26N4O3/c1-16(29)20(14-8-11-17-9-4-2-5-10-17)28-23-19(15-25-28)24(31)27-22(26-23)21(30)18-12-6-3-7-13-18/h2-7,9-10,12-13,15-16,20-21,29-30H,8,11,14H2,1H3,(H,26,27,31). The predicted octanol–water partition coefficient (Wildman–Crippen LogP) is 3.15. The third kappa shape index (κ3) is 4.57. The van der Waals surface area contributed by atoms with Crippen molar-refractivity contribution in [3.8, 4) is 0 Å². The second-order valence-electron chi connectivity index (χ2n) is 7.78. The molecule has 31 heavy (non-hydrogen) atoms. The molecule has 3 unspecified atom stereocenters. The van der Waals surface area contributed by atoms with E-state index in [0.29, 0.717) is 23.0 Å². The molecule has 3 N–H and O–H groups in total. The number of aromatic amines is 1. The van der Waals surface area contributed by atoms with Gasteiger partial charge in [0.25, 0.3) is 5.56 Å². The molecule has 2 aromatic heterocycles. The molecule has 2 heterocycles. The van der Waals surface area contributed by atoms with Crippen LogP contribution in [0, 0.1) is 0 Å². The first-order valence-corrected chi connectivity index (χ1v) is 10.5. The summed E-state index contributed by atoms with van der Waals surface area (Å²) in [6.07, 6.45) is 2.13. The minimum atomic E-state index is -1.07. The van der Waals surface area contributed by atoms with Crippen LogP contribution in [0.2, 0.25) is 0 Å². The number of hydrogen-bond acceptors (Lipinski definition) is 5. The Balaban J connectivity index is 1.63. The van der Waals surface area contributed by atoms with Gasteiger partial charge < -0.3 is 15.2 Å². The van der Waals surface area contributed by atoms with Crippen molar-refractivity contribution in [2.75, 3.05) is 0 Å². The van der Waals surface area contributed by atoms with Gasteiger partial charge in [0.05, 0.1) is 18.3 Å². The minimum absolute atomic E-state index is 0.152. The second kappa shape index (κ2) is 9.24. The first-order valence-electron chi connectivity index (χ1n) is 10.5. The molecule has 7 heteroatoms. The van der Waals surface area contributed by atoms with E-state index in [-0.39, 0.29) is 17.4 Å². The molecule has 0 aliphatic carbocycles. The molecule has 0 amide bonds. The van der Waals surface area contributed by atoms with Crippen molar-refractivity contribution in [3.05, 3.63) is 94.2 Å². The maximum absolute atomic E-state index is 12.6. The summed E-state index contributed by atoms with van der Waals surface area (Å²) in [6.45, 7) is 1.72. The van der Waals surface area contributed by atoms with E-state index in [1.807, 2.05) is 36.4 Å². The monoisotopic (exact) mass is 418 g/mol. The van der Waals surface area contributed by atoms with Crippen molar-refractivity contribution >= 4 is 11.0 Å². The van der Waals surface area contributed by atoms with E-state index in [2.05, 4.69) is 27.2 Å². The van der Waals surface area contributed by atoms with Crippen molar-refractivity contribution < 1.29 is 10.2 Å². The average Bonchev–Trinajstić information content (AvgIpc) is 3.21. The summed E-state index contributed by atoms with van der Waals surface area (Å²) < 4.78 is 1.61. The number of rotatable bonds is 8. The lowest BCUT2D eigenvalue weighted by molar-refractivity contribution is 0.118. The van der Waals surface area contributed by atoms with Gasteiger partial charge in [-0.05, 0) is 37.3 Å². The summed E-state index contributed by atoms with van der Waals surface area (Å²) in [4.78, 5) is 19.8. The number of nitrogens with one attached hydrogen (secondary N) is 1. The fraction of sp³-hybridized carbons (Fsp3) is 0.292. The van der Waals surface area contributed by atoms with Gasteiger partial charge in [0.15, 0.2) is 5.65 Å². The number of nitrogens with zero attached hydrogens (tertiary/aromatic N) is 3. The van der Waals surface area contributed by atoms with Crippen LogP contribution in [0.15, 0.2) is 71.7 Å². The number of aryl methyl sites for hydroxylation is 1. The van der Waals surface area contributed by atoms with Crippen molar-refractivity contribution in [3.63, 3.8) is 0 Å². The van der Waals surface area contributed by atoms with E-state index in [9.17, 15) is 15.0 Å². The topological polar surface area (TPSA) is 104 Å². The Kier molecular flexibility index (Phi) is 6.25. The largest absolute Gasteiger partial charge is 0.391 e. The summed E-state index contributed by atoms with van der Waals surface area (Å²) >= 11 is 0. The molecule has 3 atom stereocenters. The lowest BCUT2D eigenvalue weighted by Crippen LogP contribution is -2.24. The van der Waals surface area contributed by atoms with E-state index in [1.54, 1.807) is 23.7 Å². The Hall–Kier alpha value is -3.29. The molecule has 0 fully saturated rings. The van der Waals surface area contributed by atoms with E-state index in [1.165, 1.54) is 11.8 Å². The van der Waals surface area contributed by atoms with Crippen LogP contribution in [0.4, 0.5) is 0 Å². The maximum atomic E-state index is 12.6. The van der Waals surface area contributed by atoms with Gasteiger partial charge in [0.1, 0.15) is 17.3 Å². The first kappa shape index (κ1) is 21.0. The highest BCUT2D eigenvalue weighted by Gasteiger charge is 2.23. The van der Waals surface area contributed by atoms with Crippen molar-refractivity contribution in [1.82, 2.24) is 19.7 Å². The van der Waals surface area contributed by atoms with Crippen LogP contribution in [-0.2, 0) is 6.42 Å². The van der Waals surface area contributed by atoms with Gasteiger partial charge in [-0.2, -0.15) is 5.10 Å². The highest BCUT2D eigenvalue weighted by Crippen LogP contribution is 2.24. The Bertz CT molecular complexity index is 1190. The highest BCUT2D eigenvalue weighted by atomic mass is 16.3. The summed E-state index contributed by atoms with van der Waals surface area (Å²) in [5.74, 6) is 0.152. The van der Waals surface area contributed by atoms with Gasteiger partial charge in [0, 0.05) is 0 Å². The van der Waals surface area contributed by atoms with Crippen molar-refractivity contribution in [2.24, 2.45) is 0 Å². The van der Waals surface area contributed by atoms with Gasteiger partial charge in [-0.1, -0.05) is 60.7 Å². The van der Waals surface area contributed by atoms with Gasteiger partial charge in [0.2, 0.25) is 0 Å².